The van der Waals surface area contributed by atoms with E-state index in [0.717, 1.165) is 16.5 Å². The van der Waals surface area contributed by atoms with Gasteiger partial charge in [0.05, 0.1) is 39.9 Å². The third kappa shape index (κ3) is 6.68. The summed E-state index contributed by atoms with van der Waals surface area (Å²) >= 11 is 6.23. The van der Waals surface area contributed by atoms with Gasteiger partial charge in [-0.15, -0.1) is 0 Å². The maximum atomic E-state index is 13.9. The molecular weight excluding hydrogens is 604 g/mol. The Bertz CT molecular complexity index is 1930. The number of carbonyl (C=O) groups excluding carboxylic acids is 2. The second-order valence-electron chi connectivity index (χ2n) is 12.2. The highest BCUT2D eigenvalue weighted by Crippen LogP contribution is 2.28. The van der Waals surface area contributed by atoms with Crippen molar-refractivity contribution in [3.63, 3.8) is 0 Å². The van der Waals surface area contributed by atoms with Gasteiger partial charge in [-0.1, -0.05) is 48.0 Å². The molecule has 0 radical (unpaired) electrons. The normalized spacial score (nSPS) is 15.2. The molecule has 11 heteroatoms. The molecule has 46 heavy (non-hydrogen) atoms. The third-order valence-corrected chi connectivity index (χ3v) is 9.38. The van der Waals surface area contributed by atoms with Gasteiger partial charge >= 0.3 is 5.69 Å². The lowest BCUT2D eigenvalue weighted by molar-refractivity contribution is -0.140. The lowest BCUT2D eigenvalue weighted by atomic mass is 9.88. The van der Waals surface area contributed by atoms with E-state index in [1.54, 1.807) is 65.1 Å². The van der Waals surface area contributed by atoms with Crippen molar-refractivity contribution in [3.8, 4) is 0 Å². The highest BCUT2D eigenvalue weighted by atomic mass is 35.5. The molecule has 0 aliphatic carbocycles. The fourth-order valence-electron chi connectivity index (χ4n) is 6.38. The Morgan fingerprint density at radius 2 is 1.83 bits per heavy atom. The van der Waals surface area contributed by atoms with Gasteiger partial charge < -0.3 is 15.3 Å². The second-order valence-corrected chi connectivity index (χ2v) is 12.6. The van der Waals surface area contributed by atoms with Crippen LogP contribution in [-0.4, -0.2) is 66.2 Å². The van der Waals surface area contributed by atoms with Crippen molar-refractivity contribution in [3.05, 3.63) is 106 Å². The lowest BCUT2D eigenvalue weighted by Gasteiger charge is -2.39. The molecule has 10 nitrogen and oxygen atoms in total. The highest BCUT2D eigenvalue weighted by Gasteiger charge is 2.37. The molecule has 238 valence electrons. The summed E-state index contributed by atoms with van der Waals surface area (Å²) in [5.74, 6) is -0.434. The minimum absolute atomic E-state index is 0.0428. The number of rotatable bonds is 10. The minimum Gasteiger partial charge on any atom is -0.388 e. The van der Waals surface area contributed by atoms with Crippen molar-refractivity contribution in [2.24, 2.45) is 13.0 Å². The molecule has 3 aromatic heterocycles. The number of fused-ring (bicyclic) bond motifs is 2. The number of aryl methyl sites for hydroxylation is 1. The smallest absolute Gasteiger partial charge is 0.328 e. The number of benzene rings is 2. The van der Waals surface area contributed by atoms with Gasteiger partial charge in [-0.05, 0) is 61.9 Å². The molecule has 2 N–H and O–H groups in total. The van der Waals surface area contributed by atoms with Crippen LogP contribution >= 0.6 is 11.6 Å². The SMILES string of the molecule is Cn1c(=O)n(CC2(O)CCN(C(=O)C(CCCNC(=O)c3ccc4c(Cl)ccnc4c3)Cc3ccccc3)CC2)c2cnccc21. The summed E-state index contributed by atoms with van der Waals surface area (Å²) in [6.45, 7) is 1.36. The summed E-state index contributed by atoms with van der Waals surface area (Å²) < 4.78 is 3.14. The van der Waals surface area contributed by atoms with Gasteiger partial charge in [-0.3, -0.25) is 28.7 Å². The van der Waals surface area contributed by atoms with Crippen LogP contribution in [0.15, 0.2) is 84.0 Å². The number of piperidine rings is 1. The first-order chi connectivity index (χ1) is 22.2. The highest BCUT2D eigenvalue weighted by molar-refractivity contribution is 6.35. The zero-order valence-electron chi connectivity index (χ0n) is 25.7. The predicted octanol–water partition coefficient (Wildman–Crippen LogP) is 4.36. The molecule has 1 unspecified atom stereocenters. The number of carbonyl (C=O) groups is 2. The van der Waals surface area contributed by atoms with Gasteiger partial charge in [0.25, 0.3) is 5.91 Å². The summed E-state index contributed by atoms with van der Waals surface area (Å²) in [5.41, 5.74) is 2.35. The van der Waals surface area contributed by atoms with E-state index in [9.17, 15) is 19.5 Å². The largest absolute Gasteiger partial charge is 0.388 e. The molecule has 1 aliphatic heterocycles. The van der Waals surface area contributed by atoms with Crippen LogP contribution in [0.5, 0.6) is 0 Å². The van der Waals surface area contributed by atoms with Crippen molar-refractivity contribution in [2.45, 2.75) is 44.2 Å². The molecule has 1 atom stereocenters. The maximum absolute atomic E-state index is 13.9. The summed E-state index contributed by atoms with van der Waals surface area (Å²) in [6, 6.07) is 18.7. The van der Waals surface area contributed by atoms with Crippen molar-refractivity contribution < 1.29 is 14.7 Å². The average Bonchev–Trinajstić information content (AvgIpc) is 3.31. The Labute approximate surface area is 271 Å². The number of pyridine rings is 2. The van der Waals surface area contributed by atoms with Crippen LogP contribution in [0.1, 0.15) is 41.6 Å². The number of nitrogens with zero attached hydrogens (tertiary/aromatic N) is 5. The monoisotopic (exact) mass is 640 g/mol. The molecule has 5 aromatic rings. The summed E-state index contributed by atoms with van der Waals surface area (Å²) in [6.07, 6.45) is 7.44. The number of imidazole rings is 1. The zero-order valence-corrected chi connectivity index (χ0v) is 26.5. The first-order valence-electron chi connectivity index (χ1n) is 15.6. The number of aromatic nitrogens is 4. The van der Waals surface area contributed by atoms with Gasteiger partial charge in [-0.25, -0.2) is 4.79 Å². The Morgan fingerprint density at radius 1 is 1.04 bits per heavy atom. The number of nitrogens with one attached hydrogen (secondary N) is 1. The predicted molar refractivity (Wildman–Crippen MR) is 178 cm³/mol. The number of hydrogen-bond acceptors (Lipinski definition) is 6. The van der Waals surface area contributed by atoms with E-state index in [4.69, 9.17) is 11.6 Å². The van der Waals surface area contributed by atoms with Gasteiger partial charge in [0.1, 0.15) is 0 Å². The van der Waals surface area contributed by atoms with E-state index in [1.165, 1.54) is 0 Å². The van der Waals surface area contributed by atoms with Crippen LogP contribution in [0, 0.1) is 5.92 Å². The minimum atomic E-state index is -1.12. The van der Waals surface area contributed by atoms with E-state index in [0.29, 0.717) is 73.4 Å². The standard InChI is InChI=1S/C35H37ClN6O4/c1-40-30-12-16-37-22-31(30)42(34(40)45)23-35(46)13-18-41(19-14-35)33(44)26(20-24-6-3-2-4-7-24)8-5-15-39-32(43)25-9-10-27-28(36)11-17-38-29(27)21-25/h2-4,6-7,9-12,16-17,21-22,26,46H,5,8,13-15,18-20,23H2,1H3,(H,39,43). The van der Waals surface area contributed by atoms with Gasteiger partial charge in [0, 0.05) is 55.9 Å². The molecule has 2 aromatic carbocycles. The van der Waals surface area contributed by atoms with E-state index in [2.05, 4.69) is 15.3 Å². The Morgan fingerprint density at radius 3 is 2.61 bits per heavy atom. The van der Waals surface area contributed by atoms with Crippen molar-refractivity contribution >= 4 is 45.4 Å². The van der Waals surface area contributed by atoms with Gasteiger partial charge in [0.15, 0.2) is 0 Å². The third-order valence-electron chi connectivity index (χ3n) is 9.05. The average molecular weight is 641 g/mol. The molecule has 6 rings (SSSR count). The Kier molecular flexibility index (Phi) is 9.19. The zero-order chi connectivity index (χ0) is 32.3. The number of hydrogen-bond donors (Lipinski definition) is 2. The summed E-state index contributed by atoms with van der Waals surface area (Å²) in [5, 5.41) is 15.9. The molecule has 0 bridgehead atoms. The van der Waals surface area contributed by atoms with E-state index in [-0.39, 0.29) is 30.0 Å². The number of halogens is 1. The topological polar surface area (TPSA) is 122 Å². The number of aliphatic hydroxyl groups is 1. The quantitative estimate of drug-likeness (QED) is 0.219. The summed E-state index contributed by atoms with van der Waals surface area (Å²) in [7, 11) is 1.71. The van der Waals surface area contributed by atoms with Crippen LogP contribution in [0.25, 0.3) is 21.9 Å². The first kappa shape index (κ1) is 31.4. The van der Waals surface area contributed by atoms with E-state index in [1.807, 2.05) is 35.2 Å². The summed E-state index contributed by atoms with van der Waals surface area (Å²) in [4.78, 5) is 50.0. The van der Waals surface area contributed by atoms with Gasteiger partial charge in [-0.2, -0.15) is 0 Å². The Hall–Kier alpha value is -4.54. The van der Waals surface area contributed by atoms with Crippen LogP contribution in [0.2, 0.25) is 5.02 Å². The van der Waals surface area contributed by atoms with E-state index >= 15 is 0 Å². The number of amides is 2. The molecular formula is C35H37ClN6O4. The van der Waals surface area contributed by atoms with E-state index < -0.39 is 5.60 Å². The fraction of sp³-hybridized carbons (Fsp3) is 0.343. The number of likely N-dealkylation sites (tertiary alicyclic amines) is 1. The van der Waals surface area contributed by atoms with Crippen molar-refractivity contribution in [1.82, 2.24) is 29.3 Å². The molecule has 0 spiro atoms. The molecule has 1 aliphatic rings. The van der Waals surface area contributed by atoms with Crippen molar-refractivity contribution in [1.29, 1.82) is 0 Å². The molecule has 1 fully saturated rings. The van der Waals surface area contributed by atoms with Crippen LogP contribution < -0.4 is 11.0 Å². The maximum Gasteiger partial charge on any atom is 0.328 e. The Balaban J connectivity index is 1.07. The fourth-order valence-corrected chi connectivity index (χ4v) is 6.60. The van der Waals surface area contributed by atoms with Crippen molar-refractivity contribution in [2.75, 3.05) is 19.6 Å². The molecule has 4 heterocycles. The molecule has 1 saturated heterocycles. The van der Waals surface area contributed by atoms with Crippen LogP contribution in [0.3, 0.4) is 0 Å². The van der Waals surface area contributed by atoms with Crippen LogP contribution in [0.4, 0.5) is 0 Å². The van der Waals surface area contributed by atoms with Crippen LogP contribution in [-0.2, 0) is 24.8 Å². The lowest BCUT2D eigenvalue weighted by Crippen LogP contribution is -2.51. The first-order valence-corrected chi connectivity index (χ1v) is 16.0. The molecule has 2 amide bonds. The molecule has 0 saturated carbocycles. The second kappa shape index (κ2) is 13.4. The van der Waals surface area contributed by atoms with Gasteiger partial charge in [0.2, 0.25) is 5.91 Å².